The van der Waals surface area contributed by atoms with Gasteiger partial charge in [0.25, 0.3) is 0 Å². The minimum absolute atomic E-state index is 0.0210. The van der Waals surface area contributed by atoms with Gasteiger partial charge in [-0.3, -0.25) is 9.69 Å². The molecule has 0 aliphatic carbocycles. The molecule has 134 valence electrons. The maximum absolute atomic E-state index is 13.0. The fraction of sp³-hybridized carbons (Fsp3) is 0.471. The number of amides is 1. The van der Waals surface area contributed by atoms with Gasteiger partial charge in [0, 0.05) is 18.7 Å². The van der Waals surface area contributed by atoms with Crippen molar-refractivity contribution in [3.05, 3.63) is 36.0 Å². The topological polar surface area (TPSA) is 82.7 Å². The van der Waals surface area contributed by atoms with Gasteiger partial charge in [0.15, 0.2) is 0 Å². The first kappa shape index (κ1) is 17.5. The SMILES string of the molecule is CN(CC(=O)N1CCC(O)CC1)Cc1nc(-c2ccc(F)cc2)no1. The van der Waals surface area contributed by atoms with Crippen LogP contribution in [0.25, 0.3) is 11.4 Å². The number of benzene rings is 1. The van der Waals surface area contributed by atoms with Crippen LogP contribution in [0.4, 0.5) is 4.39 Å². The van der Waals surface area contributed by atoms with E-state index in [1.165, 1.54) is 12.1 Å². The lowest BCUT2D eigenvalue weighted by atomic mass is 10.1. The van der Waals surface area contributed by atoms with Gasteiger partial charge in [-0.15, -0.1) is 0 Å². The first-order valence-electron chi connectivity index (χ1n) is 8.24. The third-order valence-corrected chi connectivity index (χ3v) is 4.20. The Bertz CT molecular complexity index is 711. The summed E-state index contributed by atoms with van der Waals surface area (Å²) in [7, 11) is 1.80. The number of piperidine rings is 1. The van der Waals surface area contributed by atoms with Gasteiger partial charge in [-0.05, 0) is 44.2 Å². The molecular weight excluding hydrogens is 327 g/mol. The molecule has 1 aromatic heterocycles. The van der Waals surface area contributed by atoms with E-state index in [4.69, 9.17) is 4.52 Å². The number of rotatable bonds is 5. The Labute approximate surface area is 145 Å². The van der Waals surface area contributed by atoms with Crippen molar-refractivity contribution in [3.8, 4) is 11.4 Å². The number of likely N-dealkylation sites (N-methyl/N-ethyl adjacent to an activating group) is 1. The van der Waals surface area contributed by atoms with Crippen LogP contribution < -0.4 is 0 Å². The average Bonchev–Trinajstić information content (AvgIpc) is 3.04. The second-order valence-electron chi connectivity index (χ2n) is 6.30. The number of carbonyl (C=O) groups excluding carboxylic acids is 1. The van der Waals surface area contributed by atoms with E-state index in [-0.39, 0.29) is 24.4 Å². The zero-order valence-electron chi connectivity index (χ0n) is 14.1. The summed E-state index contributed by atoms with van der Waals surface area (Å²) < 4.78 is 18.2. The number of likely N-dealkylation sites (tertiary alicyclic amines) is 1. The predicted octanol–water partition coefficient (Wildman–Crippen LogP) is 1.29. The zero-order valence-corrected chi connectivity index (χ0v) is 14.1. The van der Waals surface area contributed by atoms with Crippen molar-refractivity contribution in [1.29, 1.82) is 0 Å². The van der Waals surface area contributed by atoms with E-state index in [0.29, 0.717) is 49.8 Å². The second-order valence-corrected chi connectivity index (χ2v) is 6.30. The van der Waals surface area contributed by atoms with E-state index < -0.39 is 0 Å². The highest BCUT2D eigenvalue weighted by Crippen LogP contribution is 2.17. The normalized spacial score (nSPS) is 15.8. The molecule has 7 nitrogen and oxygen atoms in total. The molecular formula is C17H21FN4O3. The van der Waals surface area contributed by atoms with E-state index in [1.807, 2.05) is 0 Å². The summed E-state index contributed by atoms with van der Waals surface area (Å²) in [6, 6.07) is 5.85. The molecule has 2 heterocycles. The molecule has 1 aromatic carbocycles. The summed E-state index contributed by atoms with van der Waals surface area (Å²) >= 11 is 0. The van der Waals surface area contributed by atoms with Crippen molar-refractivity contribution in [1.82, 2.24) is 19.9 Å². The summed E-state index contributed by atoms with van der Waals surface area (Å²) in [6.07, 6.45) is 0.949. The zero-order chi connectivity index (χ0) is 17.8. The third-order valence-electron chi connectivity index (χ3n) is 4.20. The Morgan fingerprint density at radius 1 is 1.36 bits per heavy atom. The molecule has 1 aliphatic heterocycles. The molecule has 25 heavy (non-hydrogen) atoms. The molecule has 0 radical (unpaired) electrons. The van der Waals surface area contributed by atoms with Crippen LogP contribution >= 0.6 is 0 Å². The van der Waals surface area contributed by atoms with Gasteiger partial charge >= 0.3 is 0 Å². The van der Waals surface area contributed by atoms with Crippen LogP contribution in [0.2, 0.25) is 0 Å². The molecule has 0 spiro atoms. The smallest absolute Gasteiger partial charge is 0.241 e. The van der Waals surface area contributed by atoms with E-state index in [1.54, 1.807) is 29.0 Å². The lowest BCUT2D eigenvalue weighted by molar-refractivity contribution is -0.134. The van der Waals surface area contributed by atoms with E-state index in [9.17, 15) is 14.3 Å². The minimum Gasteiger partial charge on any atom is -0.393 e. The van der Waals surface area contributed by atoms with Crippen molar-refractivity contribution in [2.45, 2.75) is 25.5 Å². The van der Waals surface area contributed by atoms with Crippen molar-refractivity contribution in [2.24, 2.45) is 0 Å². The largest absolute Gasteiger partial charge is 0.393 e. The number of hydrogen-bond donors (Lipinski definition) is 1. The van der Waals surface area contributed by atoms with Gasteiger partial charge in [0.05, 0.1) is 19.2 Å². The Hall–Kier alpha value is -2.32. The monoisotopic (exact) mass is 348 g/mol. The lowest BCUT2D eigenvalue weighted by Gasteiger charge is -2.30. The average molecular weight is 348 g/mol. The van der Waals surface area contributed by atoms with E-state index >= 15 is 0 Å². The highest BCUT2D eigenvalue weighted by Gasteiger charge is 2.22. The van der Waals surface area contributed by atoms with Gasteiger partial charge in [0.1, 0.15) is 5.82 Å². The van der Waals surface area contributed by atoms with Crippen LogP contribution in [0.15, 0.2) is 28.8 Å². The van der Waals surface area contributed by atoms with Crippen LogP contribution in [0.3, 0.4) is 0 Å². The number of hydrogen-bond acceptors (Lipinski definition) is 6. The van der Waals surface area contributed by atoms with Gasteiger partial charge < -0.3 is 14.5 Å². The number of halogens is 1. The minimum atomic E-state index is -0.323. The quantitative estimate of drug-likeness (QED) is 0.877. The molecule has 1 amide bonds. The Kier molecular flexibility index (Phi) is 5.40. The molecule has 1 N–H and O–H groups in total. The number of aliphatic hydroxyl groups is 1. The highest BCUT2D eigenvalue weighted by atomic mass is 19.1. The van der Waals surface area contributed by atoms with Crippen molar-refractivity contribution < 1.29 is 18.8 Å². The number of aromatic nitrogens is 2. The van der Waals surface area contributed by atoms with Crippen LogP contribution in [0.1, 0.15) is 18.7 Å². The van der Waals surface area contributed by atoms with Gasteiger partial charge in [-0.1, -0.05) is 5.16 Å². The molecule has 1 saturated heterocycles. The standard InChI is InChI=1S/C17H21FN4O3/c1-21(11-16(24)22-8-6-14(23)7-9-22)10-15-19-17(20-25-15)12-2-4-13(18)5-3-12/h2-5,14,23H,6-11H2,1H3. The lowest BCUT2D eigenvalue weighted by Crippen LogP contribution is -2.44. The summed E-state index contributed by atoms with van der Waals surface area (Å²) in [4.78, 5) is 20.1. The molecule has 0 unspecified atom stereocenters. The Balaban J connectivity index is 1.53. The second kappa shape index (κ2) is 7.71. The van der Waals surface area contributed by atoms with Gasteiger partial charge in [-0.2, -0.15) is 4.98 Å². The predicted molar refractivity (Wildman–Crippen MR) is 87.8 cm³/mol. The maximum Gasteiger partial charge on any atom is 0.241 e. The summed E-state index contributed by atoms with van der Waals surface area (Å²) in [5, 5.41) is 13.4. The highest BCUT2D eigenvalue weighted by molar-refractivity contribution is 5.78. The number of aliphatic hydroxyl groups excluding tert-OH is 1. The van der Waals surface area contributed by atoms with Crippen LogP contribution in [0, 0.1) is 5.82 Å². The molecule has 1 aliphatic rings. The van der Waals surface area contributed by atoms with Crippen molar-refractivity contribution in [3.63, 3.8) is 0 Å². The van der Waals surface area contributed by atoms with Crippen molar-refractivity contribution in [2.75, 3.05) is 26.7 Å². The van der Waals surface area contributed by atoms with Crippen LogP contribution in [-0.4, -0.2) is 63.7 Å². The molecule has 3 rings (SSSR count). The molecule has 2 aromatic rings. The van der Waals surface area contributed by atoms with E-state index in [2.05, 4.69) is 10.1 Å². The first-order chi connectivity index (χ1) is 12.0. The van der Waals surface area contributed by atoms with Crippen molar-refractivity contribution >= 4 is 5.91 Å². The third kappa shape index (κ3) is 4.61. The molecule has 0 atom stereocenters. The Morgan fingerprint density at radius 3 is 2.72 bits per heavy atom. The fourth-order valence-electron chi connectivity index (χ4n) is 2.77. The van der Waals surface area contributed by atoms with Crippen LogP contribution in [0.5, 0.6) is 0 Å². The summed E-state index contributed by atoms with van der Waals surface area (Å²) in [6.45, 7) is 1.76. The fourth-order valence-corrected chi connectivity index (χ4v) is 2.77. The number of nitrogens with zero attached hydrogens (tertiary/aromatic N) is 4. The summed E-state index contributed by atoms with van der Waals surface area (Å²) in [5.41, 5.74) is 0.669. The van der Waals surface area contributed by atoms with Crippen LogP contribution in [-0.2, 0) is 11.3 Å². The van der Waals surface area contributed by atoms with E-state index in [0.717, 1.165) is 0 Å². The molecule has 8 heteroatoms. The maximum atomic E-state index is 13.0. The molecule has 0 saturated carbocycles. The molecule has 1 fully saturated rings. The summed E-state index contributed by atoms with van der Waals surface area (Å²) in [5.74, 6) is 0.479. The van der Waals surface area contributed by atoms with Gasteiger partial charge in [-0.25, -0.2) is 4.39 Å². The van der Waals surface area contributed by atoms with Gasteiger partial charge in [0.2, 0.25) is 17.6 Å². The number of carbonyl (C=O) groups is 1. The molecule has 0 bridgehead atoms. The Morgan fingerprint density at radius 2 is 2.04 bits per heavy atom. The first-order valence-corrected chi connectivity index (χ1v) is 8.24.